The third kappa shape index (κ3) is 4.46. The van der Waals surface area contributed by atoms with Crippen LogP contribution in [0.1, 0.15) is 22.6 Å². The lowest BCUT2D eigenvalue weighted by Crippen LogP contribution is -2.41. The van der Waals surface area contributed by atoms with Crippen molar-refractivity contribution in [3.63, 3.8) is 0 Å². The summed E-state index contributed by atoms with van der Waals surface area (Å²) in [4.78, 5) is 36.8. The normalized spacial score (nSPS) is 11.9. The topological polar surface area (TPSA) is 93.1 Å². The molecule has 2 amide bonds. The zero-order valence-corrected chi connectivity index (χ0v) is 17.1. The quantitative estimate of drug-likeness (QED) is 0.610. The van der Waals surface area contributed by atoms with Crippen LogP contribution in [0.3, 0.4) is 0 Å². The molecule has 0 heterocycles. The molecule has 7 heteroatoms. The van der Waals surface area contributed by atoms with E-state index in [0.29, 0.717) is 10.5 Å². The lowest BCUT2D eigenvalue weighted by Gasteiger charge is -2.20. The number of carboxylic acid groups (broad SMARTS) is 1. The summed E-state index contributed by atoms with van der Waals surface area (Å²) in [5, 5.41) is 9.15. The van der Waals surface area contributed by atoms with Crippen molar-refractivity contribution in [1.29, 1.82) is 0 Å². The molecule has 32 heavy (non-hydrogen) atoms. The van der Waals surface area contributed by atoms with Gasteiger partial charge in [0.05, 0.1) is 0 Å². The Morgan fingerprint density at radius 3 is 1.88 bits per heavy atom. The molecular weight excluding hydrogens is 410 g/mol. The summed E-state index contributed by atoms with van der Waals surface area (Å²) >= 11 is 0. The number of carboxylic acids is 1. The van der Waals surface area contributed by atoms with Gasteiger partial charge < -0.3 is 14.6 Å². The second kappa shape index (κ2) is 9.34. The average molecular weight is 431 g/mol. The highest BCUT2D eigenvalue weighted by atomic mass is 16.6. The van der Waals surface area contributed by atoms with Gasteiger partial charge in [0.1, 0.15) is 19.8 Å². The zero-order chi connectivity index (χ0) is 22.5. The molecule has 0 bridgehead atoms. The Labute approximate surface area is 184 Å². The van der Waals surface area contributed by atoms with Crippen LogP contribution < -0.4 is 0 Å². The molecule has 0 fully saturated rings. The van der Waals surface area contributed by atoms with Gasteiger partial charge in [-0.1, -0.05) is 78.9 Å². The first-order valence-electron chi connectivity index (χ1n) is 10.1. The highest BCUT2D eigenvalue weighted by molar-refractivity contribution is 5.91. The number of carbonyl (C=O) groups is 3. The first-order valence-corrected chi connectivity index (χ1v) is 10.1. The predicted octanol–water partition coefficient (Wildman–Crippen LogP) is 4.66. The van der Waals surface area contributed by atoms with Gasteiger partial charge in [0.15, 0.2) is 0 Å². The standard InChI is InChI=1S/C25H21NO6/c27-23(28)14-26(24(29)31-15-17-8-2-1-3-9-17)25(30)32-16-22-20-12-6-4-10-18(20)19-11-5-7-13-21(19)22/h1-13,22H,14-16H2,(H,27,28). The van der Waals surface area contributed by atoms with E-state index in [1.165, 1.54) is 0 Å². The van der Waals surface area contributed by atoms with Gasteiger partial charge >= 0.3 is 18.2 Å². The average Bonchev–Trinajstić information content (AvgIpc) is 3.14. The van der Waals surface area contributed by atoms with Gasteiger partial charge in [-0.15, -0.1) is 0 Å². The van der Waals surface area contributed by atoms with Gasteiger partial charge in [-0.05, 0) is 27.8 Å². The molecule has 0 spiro atoms. The maximum absolute atomic E-state index is 12.7. The fourth-order valence-corrected chi connectivity index (χ4v) is 3.81. The Bertz CT molecular complexity index is 1100. The highest BCUT2D eigenvalue weighted by Gasteiger charge is 2.32. The Hall–Kier alpha value is -4.13. The molecule has 0 unspecified atom stereocenters. The number of nitrogens with zero attached hydrogens (tertiary/aromatic N) is 1. The minimum atomic E-state index is -1.35. The van der Waals surface area contributed by atoms with E-state index in [4.69, 9.17) is 14.6 Å². The van der Waals surface area contributed by atoms with Crippen molar-refractivity contribution in [2.75, 3.05) is 13.2 Å². The zero-order valence-electron chi connectivity index (χ0n) is 17.1. The van der Waals surface area contributed by atoms with Crippen LogP contribution in [0.25, 0.3) is 11.1 Å². The van der Waals surface area contributed by atoms with Gasteiger partial charge in [0.25, 0.3) is 0 Å². The first-order chi connectivity index (χ1) is 15.5. The molecule has 1 N–H and O–H groups in total. The monoisotopic (exact) mass is 431 g/mol. The smallest absolute Gasteiger partial charge is 0.420 e. The molecule has 3 aromatic carbocycles. The molecule has 0 aromatic heterocycles. The van der Waals surface area contributed by atoms with Crippen LogP contribution in [0.4, 0.5) is 9.59 Å². The third-order valence-corrected chi connectivity index (χ3v) is 5.28. The van der Waals surface area contributed by atoms with E-state index in [1.807, 2.05) is 54.6 Å². The number of rotatable bonds is 6. The van der Waals surface area contributed by atoms with Gasteiger partial charge in [-0.2, -0.15) is 0 Å². The van der Waals surface area contributed by atoms with E-state index in [2.05, 4.69) is 0 Å². The van der Waals surface area contributed by atoms with Crippen LogP contribution in [0.5, 0.6) is 0 Å². The SMILES string of the molecule is O=C(O)CN(C(=O)OCc1ccccc1)C(=O)OCC1c2ccccc2-c2ccccc21. The molecule has 4 rings (SSSR count). The molecule has 7 nitrogen and oxygen atoms in total. The second-order valence-corrected chi connectivity index (χ2v) is 7.32. The highest BCUT2D eigenvalue weighted by Crippen LogP contribution is 2.44. The van der Waals surface area contributed by atoms with Crippen molar-refractivity contribution in [3.8, 4) is 11.1 Å². The summed E-state index contributed by atoms with van der Waals surface area (Å²) in [6, 6.07) is 24.6. The Morgan fingerprint density at radius 1 is 0.750 bits per heavy atom. The van der Waals surface area contributed by atoms with Crippen LogP contribution >= 0.6 is 0 Å². The van der Waals surface area contributed by atoms with Crippen LogP contribution in [0, 0.1) is 0 Å². The van der Waals surface area contributed by atoms with Crippen molar-refractivity contribution in [1.82, 2.24) is 4.90 Å². The number of imide groups is 1. The molecule has 1 aliphatic carbocycles. The summed E-state index contributed by atoms with van der Waals surface area (Å²) in [5.74, 6) is -1.56. The van der Waals surface area contributed by atoms with E-state index < -0.39 is 24.7 Å². The maximum atomic E-state index is 12.7. The summed E-state index contributed by atoms with van der Waals surface area (Å²) in [5.41, 5.74) is 4.86. The summed E-state index contributed by atoms with van der Waals surface area (Å²) in [6.45, 7) is -0.980. The van der Waals surface area contributed by atoms with Crippen molar-refractivity contribution >= 4 is 18.2 Å². The van der Waals surface area contributed by atoms with Crippen LogP contribution in [0.2, 0.25) is 0 Å². The van der Waals surface area contributed by atoms with Gasteiger partial charge in [0, 0.05) is 5.92 Å². The van der Waals surface area contributed by atoms with Crippen molar-refractivity contribution in [3.05, 3.63) is 95.6 Å². The molecule has 1 aliphatic rings. The molecule has 0 saturated carbocycles. The van der Waals surface area contributed by atoms with E-state index in [-0.39, 0.29) is 19.1 Å². The number of fused-ring (bicyclic) bond motifs is 3. The number of amides is 2. The van der Waals surface area contributed by atoms with Crippen molar-refractivity contribution < 1.29 is 29.0 Å². The lowest BCUT2D eigenvalue weighted by atomic mass is 9.98. The van der Waals surface area contributed by atoms with Gasteiger partial charge in [-0.25, -0.2) is 14.5 Å². The Balaban J connectivity index is 1.46. The summed E-state index contributed by atoms with van der Waals surface area (Å²) in [6.07, 6.45) is -2.14. The van der Waals surface area contributed by atoms with Crippen molar-refractivity contribution in [2.24, 2.45) is 0 Å². The predicted molar refractivity (Wildman–Crippen MR) is 116 cm³/mol. The van der Waals surface area contributed by atoms with Crippen molar-refractivity contribution in [2.45, 2.75) is 12.5 Å². The molecule has 162 valence electrons. The molecule has 0 saturated heterocycles. The largest absolute Gasteiger partial charge is 0.480 e. The number of benzene rings is 3. The Kier molecular flexibility index (Phi) is 6.17. The second-order valence-electron chi connectivity index (χ2n) is 7.32. The van der Waals surface area contributed by atoms with Gasteiger partial charge in [-0.3, -0.25) is 4.79 Å². The number of aliphatic carboxylic acids is 1. The summed E-state index contributed by atoms with van der Waals surface area (Å²) in [7, 11) is 0. The molecule has 3 aromatic rings. The first kappa shape index (κ1) is 21.1. The molecule has 0 aliphatic heterocycles. The van der Waals surface area contributed by atoms with Gasteiger partial charge in [0.2, 0.25) is 0 Å². The number of hydrogen-bond donors (Lipinski definition) is 1. The van der Waals surface area contributed by atoms with Crippen LogP contribution in [-0.4, -0.2) is 41.3 Å². The fourth-order valence-electron chi connectivity index (χ4n) is 3.81. The molecule has 0 radical (unpaired) electrons. The number of hydrogen-bond acceptors (Lipinski definition) is 5. The third-order valence-electron chi connectivity index (χ3n) is 5.28. The van der Waals surface area contributed by atoms with E-state index >= 15 is 0 Å². The van der Waals surface area contributed by atoms with E-state index in [9.17, 15) is 14.4 Å². The Morgan fingerprint density at radius 2 is 1.28 bits per heavy atom. The maximum Gasteiger partial charge on any atom is 0.420 e. The number of carbonyl (C=O) groups excluding carboxylic acids is 2. The van der Waals surface area contributed by atoms with E-state index in [0.717, 1.165) is 22.3 Å². The van der Waals surface area contributed by atoms with Crippen LogP contribution in [-0.2, 0) is 20.9 Å². The number of ether oxygens (including phenoxy) is 2. The molecule has 0 atom stereocenters. The fraction of sp³-hybridized carbons (Fsp3) is 0.160. The minimum absolute atomic E-state index is 0.0328. The summed E-state index contributed by atoms with van der Waals surface area (Å²) < 4.78 is 10.5. The minimum Gasteiger partial charge on any atom is -0.480 e. The lowest BCUT2D eigenvalue weighted by molar-refractivity contribution is -0.137. The molecular formula is C25H21NO6. The van der Waals surface area contributed by atoms with Crippen LogP contribution in [0.15, 0.2) is 78.9 Å². The van der Waals surface area contributed by atoms with E-state index in [1.54, 1.807) is 24.3 Å².